The van der Waals surface area contributed by atoms with Gasteiger partial charge in [0.2, 0.25) is 18.3 Å². The maximum atomic E-state index is 13.4. The largest absolute Gasteiger partial charge is 0.372 e. The van der Waals surface area contributed by atoms with Crippen LogP contribution in [0.15, 0.2) is 42.5 Å². The van der Waals surface area contributed by atoms with Crippen LogP contribution in [0.5, 0.6) is 0 Å². The molecule has 1 saturated heterocycles. The van der Waals surface area contributed by atoms with Gasteiger partial charge in [-0.25, -0.2) is 9.37 Å². The minimum Gasteiger partial charge on any atom is -0.372 e. The number of hydrogen-bond donors (Lipinski definition) is 3. The summed E-state index contributed by atoms with van der Waals surface area (Å²) in [5, 5.41) is 6.03. The molecule has 0 bridgehead atoms. The van der Waals surface area contributed by atoms with E-state index in [0.29, 0.717) is 11.5 Å². The van der Waals surface area contributed by atoms with E-state index in [9.17, 15) is 14.0 Å². The zero-order valence-corrected chi connectivity index (χ0v) is 23.2. The van der Waals surface area contributed by atoms with Gasteiger partial charge >= 0.3 is 0 Å². The van der Waals surface area contributed by atoms with Crippen molar-refractivity contribution in [2.75, 3.05) is 18.4 Å². The smallest absolute Gasteiger partial charge is 0.257 e. The van der Waals surface area contributed by atoms with Crippen molar-refractivity contribution in [1.29, 1.82) is 0 Å². The zero-order valence-electron chi connectivity index (χ0n) is 23.2. The van der Waals surface area contributed by atoms with Crippen molar-refractivity contribution in [1.82, 2.24) is 19.8 Å². The second-order valence-corrected chi connectivity index (χ2v) is 10.9. The molecule has 2 aliphatic rings. The number of primary amides is 1. The minimum absolute atomic E-state index is 0.0106. The number of nitrogens with one attached hydrogen (secondary N) is 2. The van der Waals surface area contributed by atoms with Crippen LogP contribution in [0.2, 0.25) is 0 Å². The van der Waals surface area contributed by atoms with E-state index < -0.39 is 0 Å². The summed E-state index contributed by atoms with van der Waals surface area (Å²) in [6, 6.07) is 12.1. The Hall–Kier alpha value is -3.79. The summed E-state index contributed by atoms with van der Waals surface area (Å²) in [5.41, 5.74) is 7.61. The van der Waals surface area contributed by atoms with Crippen LogP contribution in [0.3, 0.4) is 0 Å². The van der Waals surface area contributed by atoms with Crippen molar-refractivity contribution >= 4 is 35.2 Å². The van der Waals surface area contributed by atoms with Gasteiger partial charge in [0.05, 0.1) is 11.0 Å². The number of halogens is 1. The Morgan fingerprint density at radius 2 is 1.73 bits per heavy atom. The van der Waals surface area contributed by atoms with E-state index in [0.717, 1.165) is 56.4 Å². The topological polar surface area (TPSA) is 122 Å². The Morgan fingerprint density at radius 1 is 1.07 bits per heavy atom. The van der Waals surface area contributed by atoms with Crippen molar-refractivity contribution in [3.63, 3.8) is 0 Å². The molecule has 9 nitrogen and oxygen atoms in total. The number of imidazole rings is 1. The van der Waals surface area contributed by atoms with E-state index in [1.54, 1.807) is 0 Å². The van der Waals surface area contributed by atoms with Crippen LogP contribution in [-0.4, -0.2) is 51.8 Å². The average molecular weight is 551 g/mol. The Balaban J connectivity index is 0.00000118. The number of benzene rings is 2. The molecule has 10 heteroatoms. The number of nitrogens with two attached hydrogens (primary N) is 1. The highest BCUT2D eigenvalue weighted by atomic mass is 19.1. The molecule has 1 aliphatic heterocycles. The normalized spacial score (nSPS) is 19.2. The minimum atomic E-state index is -0.382. The first-order valence-corrected chi connectivity index (χ1v) is 14.0. The third-order valence-electron chi connectivity index (χ3n) is 7.55. The number of anilines is 1. The fraction of sp³-hybridized carbons (Fsp3) is 0.467. The summed E-state index contributed by atoms with van der Waals surface area (Å²) in [5.74, 6) is -0.0674. The SMILES string of the molecule is CC(C)NC(=O)C1CCC(n2c(NC(=O)c3ccc(F)cc3)nc3ccc(CN4CCCC4)cc32)CC1.NC=O. The fourth-order valence-corrected chi connectivity index (χ4v) is 5.67. The van der Waals surface area contributed by atoms with Crippen molar-refractivity contribution in [2.24, 2.45) is 11.7 Å². The molecule has 2 aromatic carbocycles. The van der Waals surface area contributed by atoms with E-state index in [1.165, 1.54) is 42.7 Å². The molecular formula is C30H39FN6O3. The molecule has 1 aromatic heterocycles. The summed E-state index contributed by atoms with van der Waals surface area (Å²) in [6.07, 6.45) is 5.99. The Kier molecular flexibility index (Phi) is 9.87. The van der Waals surface area contributed by atoms with Crippen LogP contribution in [0.4, 0.5) is 10.3 Å². The Labute approximate surface area is 234 Å². The van der Waals surface area contributed by atoms with Crippen molar-refractivity contribution in [3.05, 3.63) is 59.4 Å². The maximum absolute atomic E-state index is 13.4. The monoisotopic (exact) mass is 550 g/mol. The first-order valence-electron chi connectivity index (χ1n) is 14.0. The fourth-order valence-electron chi connectivity index (χ4n) is 5.67. The summed E-state index contributed by atoms with van der Waals surface area (Å²) in [6.45, 7) is 7.12. The van der Waals surface area contributed by atoms with Crippen molar-refractivity contribution < 1.29 is 18.8 Å². The number of carbonyl (C=O) groups excluding carboxylic acids is 3. The zero-order chi connectivity index (χ0) is 28.6. The first kappa shape index (κ1) is 29.2. The first-order chi connectivity index (χ1) is 19.3. The molecule has 3 aromatic rings. The molecule has 2 heterocycles. The van der Waals surface area contributed by atoms with Crippen molar-refractivity contribution in [2.45, 2.75) is 71.0 Å². The quantitative estimate of drug-likeness (QED) is 0.377. The van der Waals surface area contributed by atoms with Gasteiger partial charge in [-0.05, 0) is 107 Å². The van der Waals surface area contributed by atoms with Gasteiger partial charge in [0, 0.05) is 30.1 Å². The summed E-state index contributed by atoms with van der Waals surface area (Å²) in [7, 11) is 0. The van der Waals surface area contributed by atoms with Crippen LogP contribution in [0.1, 0.15) is 74.3 Å². The predicted molar refractivity (Wildman–Crippen MR) is 153 cm³/mol. The van der Waals surface area contributed by atoms with E-state index in [1.807, 2.05) is 19.9 Å². The van der Waals surface area contributed by atoms with Crippen molar-refractivity contribution in [3.8, 4) is 0 Å². The summed E-state index contributed by atoms with van der Waals surface area (Å²) in [4.78, 5) is 41.5. The standard InChI is InChI=1S/C29H36FN5O2.CH3NO/c1-19(2)31-27(36)22-8-12-24(13-9-22)35-26-17-20(18-34-15-3-4-16-34)5-14-25(26)32-29(35)33-28(37)21-6-10-23(30)11-7-21;2-1-3/h5-7,10-11,14,17,19,22,24H,3-4,8-9,12-13,15-16,18H2,1-2H3,(H,31,36)(H,32,33,37);1H,(H2,2,3). The summed E-state index contributed by atoms with van der Waals surface area (Å²) >= 11 is 0. The molecule has 4 N–H and O–H groups in total. The number of nitrogens with zero attached hydrogens (tertiary/aromatic N) is 3. The maximum Gasteiger partial charge on any atom is 0.257 e. The molecule has 0 unspecified atom stereocenters. The molecule has 1 saturated carbocycles. The Bertz CT molecular complexity index is 1310. The number of likely N-dealkylation sites (tertiary alicyclic amines) is 1. The number of amides is 3. The highest BCUT2D eigenvalue weighted by molar-refractivity contribution is 6.04. The molecule has 0 radical (unpaired) electrons. The van der Waals surface area contributed by atoms with E-state index in [-0.39, 0.29) is 42.0 Å². The number of aromatic nitrogens is 2. The second-order valence-electron chi connectivity index (χ2n) is 10.9. The lowest BCUT2D eigenvalue weighted by Crippen LogP contribution is -2.37. The summed E-state index contributed by atoms with van der Waals surface area (Å²) < 4.78 is 15.5. The van der Waals surface area contributed by atoms with E-state index in [4.69, 9.17) is 9.78 Å². The molecule has 0 atom stereocenters. The lowest BCUT2D eigenvalue weighted by Gasteiger charge is -2.30. The van der Waals surface area contributed by atoms with Gasteiger partial charge in [0.25, 0.3) is 5.91 Å². The van der Waals surface area contributed by atoms with Gasteiger partial charge < -0.3 is 15.6 Å². The lowest BCUT2D eigenvalue weighted by molar-refractivity contribution is -0.126. The molecule has 0 spiro atoms. The van der Waals surface area contributed by atoms with Crippen LogP contribution in [-0.2, 0) is 16.1 Å². The van der Waals surface area contributed by atoms with Gasteiger partial charge in [-0.1, -0.05) is 6.07 Å². The van der Waals surface area contributed by atoms with Crippen LogP contribution in [0.25, 0.3) is 11.0 Å². The third-order valence-corrected chi connectivity index (χ3v) is 7.55. The van der Waals surface area contributed by atoms with E-state index in [2.05, 4.69) is 38.0 Å². The highest BCUT2D eigenvalue weighted by Gasteiger charge is 2.30. The number of rotatable bonds is 7. The molecule has 2 fully saturated rings. The molecule has 3 amide bonds. The molecular weight excluding hydrogens is 511 g/mol. The number of fused-ring (bicyclic) bond motifs is 1. The Morgan fingerprint density at radius 3 is 2.35 bits per heavy atom. The van der Waals surface area contributed by atoms with E-state index >= 15 is 0 Å². The number of hydrogen-bond acceptors (Lipinski definition) is 5. The van der Waals surface area contributed by atoms with Gasteiger partial charge in [-0.15, -0.1) is 0 Å². The third kappa shape index (κ3) is 7.24. The lowest BCUT2D eigenvalue weighted by atomic mass is 9.85. The van der Waals surface area contributed by atoms with Gasteiger partial charge in [-0.3, -0.25) is 24.6 Å². The van der Waals surface area contributed by atoms with Gasteiger partial charge in [0.15, 0.2) is 0 Å². The number of carbonyl (C=O) groups is 3. The molecule has 40 heavy (non-hydrogen) atoms. The van der Waals surface area contributed by atoms with Gasteiger partial charge in [0.1, 0.15) is 5.82 Å². The molecule has 1 aliphatic carbocycles. The molecule has 5 rings (SSSR count). The van der Waals surface area contributed by atoms with Crippen LogP contribution < -0.4 is 16.4 Å². The highest BCUT2D eigenvalue weighted by Crippen LogP contribution is 2.37. The second kappa shape index (κ2) is 13.5. The van der Waals surface area contributed by atoms with Crippen LogP contribution >= 0.6 is 0 Å². The average Bonchev–Trinajstić information content (AvgIpc) is 3.56. The predicted octanol–water partition coefficient (Wildman–Crippen LogP) is 4.38. The molecule has 214 valence electrons. The van der Waals surface area contributed by atoms with Crippen LogP contribution in [0, 0.1) is 11.7 Å². The van der Waals surface area contributed by atoms with Gasteiger partial charge in [-0.2, -0.15) is 0 Å².